The van der Waals surface area contributed by atoms with Crippen molar-refractivity contribution in [2.24, 2.45) is 0 Å². The maximum Gasteiger partial charge on any atom is 0.251 e. The molecule has 25 heavy (non-hydrogen) atoms. The van der Waals surface area contributed by atoms with Crippen LogP contribution in [-0.2, 0) is 19.6 Å². The quantitative estimate of drug-likeness (QED) is 0.567. The van der Waals surface area contributed by atoms with E-state index in [0.29, 0.717) is 0 Å². The zero-order chi connectivity index (χ0) is 18.4. The van der Waals surface area contributed by atoms with E-state index in [1.807, 2.05) is 0 Å². The van der Waals surface area contributed by atoms with E-state index in [0.717, 1.165) is 12.8 Å². The lowest BCUT2D eigenvalue weighted by Crippen LogP contribution is -2.37. The van der Waals surface area contributed by atoms with Gasteiger partial charge >= 0.3 is 0 Å². The minimum absolute atomic E-state index is 0.0541. The number of amides is 2. The lowest BCUT2D eigenvalue weighted by molar-refractivity contribution is -0.120. The molecule has 9 heteroatoms. The van der Waals surface area contributed by atoms with Gasteiger partial charge in [-0.2, -0.15) is 0 Å². The van der Waals surface area contributed by atoms with Gasteiger partial charge < -0.3 is 15.4 Å². The van der Waals surface area contributed by atoms with E-state index in [1.54, 1.807) is 6.92 Å². The van der Waals surface area contributed by atoms with Crippen molar-refractivity contribution in [3.8, 4) is 0 Å². The van der Waals surface area contributed by atoms with E-state index in [1.165, 1.54) is 31.4 Å². The van der Waals surface area contributed by atoms with Gasteiger partial charge in [0.05, 0.1) is 18.0 Å². The van der Waals surface area contributed by atoms with Crippen molar-refractivity contribution < 1.29 is 22.7 Å². The largest absolute Gasteiger partial charge is 0.383 e. The summed E-state index contributed by atoms with van der Waals surface area (Å²) in [5, 5.41) is 5.27. The van der Waals surface area contributed by atoms with Crippen molar-refractivity contribution in [1.82, 2.24) is 15.4 Å². The zero-order valence-corrected chi connectivity index (χ0v) is 15.1. The monoisotopic (exact) mass is 369 g/mol. The van der Waals surface area contributed by atoms with E-state index < -0.39 is 15.9 Å². The van der Waals surface area contributed by atoms with E-state index in [2.05, 4.69) is 15.4 Å². The molecule has 0 unspecified atom stereocenters. The van der Waals surface area contributed by atoms with Crippen LogP contribution in [0.15, 0.2) is 29.2 Å². The van der Waals surface area contributed by atoms with Crippen LogP contribution >= 0.6 is 0 Å². The number of hydrogen-bond donors (Lipinski definition) is 3. The van der Waals surface area contributed by atoms with Crippen molar-refractivity contribution in [2.75, 3.05) is 20.3 Å². The molecule has 8 nitrogen and oxygen atoms in total. The molecule has 0 saturated heterocycles. The van der Waals surface area contributed by atoms with Gasteiger partial charge in [-0.15, -0.1) is 0 Å². The first-order valence-corrected chi connectivity index (χ1v) is 9.49. The molecule has 0 radical (unpaired) electrons. The Kier molecular flexibility index (Phi) is 6.51. The molecule has 1 aliphatic rings. The average molecular weight is 369 g/mol. The summed E-state index contributed by atoms with van der Waals surface area (Å²) >= 11 is 0. The second-order valence-corrected chi connectivity index (χ2v) is 7.74. The Hall–Kier alpha value is -1.97. The Bertz CT molecular complexity index is 714. The van der Waals surface area contributed by atoms with E-state index in [-0.39, 0.29) is 41.6 Å². The lowest BCUT2D eigenvalue weighted by Gasteiger charge is -2.13. The fourth-order valence-corrected chi connectivity index (χ4v) is 3.40. The number of carbonyl (C=O) groups is 2. The maximum absolute atomic E-state index is 12.2. The predicted octanol–water partition coefficient (Wildman–Crippen LogP) is 0.00820. The molecule has 0 bridgehead atoms. The van der Waals surface area contributed by atoms with Crippen molar-refractivity contribution in [1.29, 1.82) is 0 Å². The highest BCUT2D eigenvalue weighted by Crippen LogP contribution is 2.18. The summed E-state index contributed by atoms with van der Waals surface area (Å²) in [5.41, 5.74) is 0.281. The molecule has 2 rings (SSSR count). The summed E-state index contributed by atoms with van der Waals surface area (Å²) < 4.78 is 31.8. The molecule has 138 valence electrons. The van der Waals surface area contributed by atoms with Gasteiger partial charge in [-0.05, 0) is 44.0 Å². The molecular formula is C16H23N3O5S. The molecule has 1 aliphatic carbocycles. The van der Waals surface area contributed by atoms with Gasteiger partial charge in [-0.3, -0.25) is 9.59 Å². The molecule has 0 heterocycles. The van der Waals surface area contributed by atoms with Crippen LogP contribution in [0.4, 0.5) is 0 Å². The molecule has 1 aromatic carbocycles. The van der Waals surface area contributed by atoms with Crippen LogP contribution in [0.25, 0.3) is 0 Å². The van der Waals surface area contributed by atoms with Gasteiger partial charge in [0.15, 0.2) is 0 Å². The van der Waals surface area contributed by atoms with Crippen LogP contribution < -0.4 is 15.4 Å². The van der Waals surface area contributed by atoms with Crippen LogP contribution in [0.3, 0.4) is 0 Å². The molecule has 1 fully saturated rings. The zero-order valence-electron chi connectivity index (χ0n) is 14.2. The first-order valence-electron chi connectivity index (χ1n) is 8.00. The Labute approximate surface area is 147 Å². The molecule has 0 spiro atoms. The first-order chi connectivity index (χ1) is 11.8. The SMILES string of the molecule is COC[C@H](C)NS(=O)(=O)c1ccc(C(=O)NCC(=O)NC2CC2)cc1. The number of ether oxygens (including phenoxy) is 1. The summed E-state index contributed by atoms with van der Waals surface area (Å²) in [5.74, 6) is -0.665. The highest BCUT2D eigenvalue weighted by Gasteiger charge is 2.23. The maximum atomic E-state index is 12.2. The van der Waals surface area contributed by atoms with Crippen LogP contribution in [0.5, 0.6) is 0 Å². The van der Waals surface area contributed by atoms with Gasteiger partial charge in [0.2, 0.25) is 15.9 Å². The minimum Gasteiger partial charge on any atom is -0.383 e. The summed E-state index contributed by atoms with van der Waals surface area (Å²) in [4.78, 5) is 23.6. The lowest BCUT2D eigenvalue weighted by atomic mass is 10.2. The highest BCUT2D eigenvalue weighted by atomic mass is 32.2. The van der Waals surface area contributed by atoms with Gasteiger partial charge in [0.25, 0.3) is 5.91 Å². The number of rotatable bonds is 9. The Morgan fingerprint density at radius 1 is 1.24 bits per heavy atom. The van der Waals surface area contributed by atoms with Crippen LogP contribution in [0.2, 0.25) is 0 Å². The fraction of sp³-hybridized carbons (Fsp3) is 0.500. The van der Waals surface area contributed by atoms with E-state index >= 15 is 0 Å². The predicted molar refractivity (Wildman–Crippen MR) is 91.6 cm³/mol. The second-order valence-electron chi connectivity index (χ2n) is 6.03. The molecule has 0 aliphatic heterocycles. The normalized spacial score (nSPS) is 15.4. The number of methoxy groups -OCH3 is 1. The van der Waals surface area contributed by atoms with Gasteiger partial charge in [0, 0.05) is 24.8 Å². The molecule has 1 atom stereocenters. The van der Waals surface area contributed by atoms with Crippen LogP contribution in [0, 0.1) is 0 Å². The average Bonchev–Trinajstić information content (AvgIpc) is 3.36. The fourth-order valence-electron chi connectivity index (χ4n) is 2.17. The molecular weight excluding hydrogens is 346 g/mol. The number of hydrogen-bond acceptors (Lipinski definition) is 5. The molecule has 1 aromatic rings. The first kappa shape index (κ1) is 19.4. The number of carbonyl (C=O) groups excluding carboxylic acids is 2. The van der Waals surface area contributed by atoms with Crippen molar-refractivity contribution in [3.05, 3.63) is 29.8 Å². The molecule has 3 N–H and O–H groups in total. The summed E-state index contributed by atoms with van der Waals surface area (Å²) in [7, 11) is -2.19. The second kappa shape index (κ2) is 8.41. The third kappa shape index (κ3) is 6.11. The van der Waals surface area contributed by atoms with E-state index in [4.69, 9.17) is 4.74 Å². The van der Waals surface area contributed by atoms with Crippen molar-refractivity contribution >= 4 is 21.8 Å². The number of benzene rings is 1. The third-order valence-corrected chi connectivity index (χ3v) is 5.16. The summed E-state index contributed by atoms with van der Waals surface area (Å²) in [6, 6.07) is 5.37. The topological polar surface area (TPSA) is 114 Å². The standard InChI is InChI=1S/C16H23N3O5S/c1-11(10-24-2)19-25(22,23)14-7-3-12(4-8-14)16(21)17-9-15(20)18-13-5-6-13/h3-4,7-8,11,13,19H,5-6,9-10H2,1-2H3,(H,17,21)(H,18,20)/t11-/m0/s1. The van der Waals surface area contributed by atoms with Gasteiger partial charge in [0.1, 0.15) is 0 Å². The third-order valence-electron chi connectivity index (χ3n) is 3.55. The van der Waals surface area contributed by atoms with Crippen LogP contribution in [0.1, 0.15) is 30.1 Å². The van der Waals surface area contributed by atoms with Gasteiger partial charge in [-0.25, -0.2) is 13.1 Å². The summed E-state index contributed by atoms with van der Waals surface area (Å²) in [6.07, 6.45) is 1.96. The minimum atomic E-state index is -3.68. The number of sulfonamides is 1. The highest BCUT2D eigenvalue weighted by molar-refractivity contribution is 7.89. The smallest absolute Gasteiger partial charge is 0.251 e. The van der Waals surface area contributed by atoms with Crippen molar-refractivity contribution in [2.45, 2.75) is 36.7 Å². The molecule has 2 amide bonds. The molecule has 0 aromatic heterocycles. The Morgan fingerprint density at radius 3 is 2.44 bits per heavy atom. The molecule has 1 saturated carbocycles. The number of nitrogens with one attached hydrogen (secondary N) is 3. The summed E-state index contributed by atoms with van der Waals surface area (Å²) in [6.45, 7) is 1.84. The van der Waals surface area contributed by atoms with Crippen LogP contribution in [-0.4, -0.2) is 52.6 Å². The Balaban J connectivity index is 1.91. The Morgan fingerprint density at radius 2 is 1.88 bits per heavy atom. The van der Waals surface area contributed by atoms with Gasteiger partial charge in [-0.1, -0.05) is 0 Å². The van der Waals surface area contributed by atoms with Crippen molar-refractivity contribution in [3.63, 3.8) is 0 Å². The van der Waals surface area contributed by atoms with E-state index in [9.17, 15) is 18.0 Å².